The highest BCUT2D eigenvalue weighted by molar-refractivity contribution is 7.15. The lowest BCUT2D eigenvalue weighted by molar-refractivity contribution is -0.0590. The van der Waals surface area contributed by atoms with Gasteiger partial charge >= 0.3 is 0 Å². The van der Waals surface area contributed by atoms with Gasteiger partial charge in [-0.15, -0.1) is 11.3 Å². The Morgan fingerprint density at radius 1 is 1.50 bits per heavy atom. The largest absolute Gasteiger partial charge is 0.282 e. The average molecular weight is 295 g/mol. The zero-order valence-electron chi connectivity index (χ0n) is 11.9. The molecule has 0 saturated heterocycles. The van der Waals surface area contributed by atoms with Crippen molar-refractivity contribution in [3.8, 4) is 0 Å². The van der Waals surface area contributed by atoms with E-state index in [1.54, 1.807) is 20.8 Å². The number of aryl methyl sites for hydroxylation is 1. The molecule has 0 bridgehead atoms. The van der Waals surface area contributed by atoms with Crippen molar-refractivity contribution >= 4 is 22.2 Å². The van der Waals surface area contributed by atoms with Crippen LogP contribution >= 0.6 is 11.3 Å². The van der Waals surface area contributed by atoms with Gasteiger partial charge in [-0.05, 0) is 27.2 Å². The van der Waals surface area contributed by atoms with E-state index < -0.39 is 11.5 Å². The third-order valence-electron chi connectivity index (χ3n) is 2.57. The molecule has 2 rings (SSSR count). The summed E-state index contributed by atoms with van der Waals surface area (Å²) in [5.41, 5.74) is 2.20. The number of hydrogen-bond acceptors (Lipinski definition) is 5. The van der Waals surface area contributed by atoms with Gasteiger partial charge in [-0.2, -0.15) is 0 Å². The monoisotopic (exact) mass is 295 g/mol. The van der Waals surface area contributed by atoms with Crippen LogP contribution in [0.5, 0.6) is 0 Å². The minimum absolute atomic E-state index is 0.0279. The molecule has 1 N–H and O–H groups in total. The maximum absolute atomic E-state index is 12.3. The van der Waals surface area contributed by atoms with Crippen molar-refractivity contribution in [3.63, 3.8) is 0 Å². The molecule has 2 aromatic rings. The molecule has 0 aliphatic heterocycles. The summed E-state index contributed by atoms with van der Waals surface area (Å²) in [7, 11) is 0. The van der Waals surface area contributed by atoms with Crippen LogP contribution in [0.25, 0.3) is 4.96 Å². The first-order valence-electron chi connectivity index (χ1n) is 6.30. The SMILES string of the molecule is CCc1csc2ncc(C(=O)NOC(C)(C)C)c(=O)n12. The molecule has 0 aliphatic carbocycles. The van der Waals surface area contributed by atoms with E-state index in [1.165, 1.54) is 21.9 Å². The Balaban J connectivity index is 2.38. The Morgan fingerprint density at radius 3 is 2.80 bits per heavy atom. The fourth-order valence-corrected chi connectivity index (χ4v) is 2.53. The second kappa shape index (κ2) is 5.34. The fourth-order valence-electron chi connectivity index (χ4n) is 1.60. The van der Waals surface area contributed by atoms with Crippen LogP contribution in [0.2, 0.25) is 0 Å². The van der Waals surface area contributed by atoms with Gasteiger partial charge in [-0.25, -0.2) is 10.5 Å². The molecule has 0 radical (unpaired) electrons. The van der Waals surface area contributed by atoms with Crippen molar-refractivity contribution in [3.05, 3.63) is 33.2 Å². The summed E-state index contributed by atoms with van der Waals surface area (Å²) in [6, 6.07) is 0. The number of fused-ring (bicyclic) bond motifs is 1. The summed E-state index contributed by atoms with van der Waals surface area (Å²) in [5, 5.41) is 1.87. The zero-order chi connectivity index (χ0) is 14.9. The molecule has 0 aliphatic rings. The number of hydroxylamine groups is 1. The molecule has 2 aromatic heterocycles. The molecule has 0 saturated carbocycles. The van der Waals surface area contributed by atoms with Gasteiger partial charge in [0.2, 0.25) is 0 Å². The number of carbonyl (C=O) groups excluding carboxylic acids is 1. The molecule has 0 atom stereocenters. The summed E-state index contributed by atoms with van der Waals surface area (Å²) in [6.07, 6.45) is 1.99. The molecule has 1 amide bonds. The van der Waals surface area contributed by atoms with E-state index in [-0.39, 0.29) is 11.1 Å². The van der Waals surface area contributed by atoms with Crippen molar-refractivity contribution in [1.29, 1.82) is 0 Å². The van der Waals surface area contributed by atoms with Crippen LogP contribution in [-0.4, -0.2) is 20.9 Å². The third kappa shape index (κ3) is 2.88. The lowest BCUT2D eigenvalue weighted by Crippen LogP contribution is -2.37. The summed E-state index contributed by atoms with van der Waals surface area (Å²) >= 11 is 1.38. The molecule has 0 unspecified atom stereocenters. The Morgan fingerprint density at radius 2 is 2.20 bits per heavy atom. The number of nitrogens with zero attached hydrogens (tertiary/aromatic N) is 2. The minimum atomic E-state index is -0.583. The first-order valence-corrected chi connectivity index (χ1v) is 7.18. The first kappa shape index (κ1) is 14.7. The molecular formula is C13H17N3O3S. The maximum Gasteiger partial charge on any atom is 0.282 e. The Labute approximate surface area is 120 Å². The highest BCUT2D eigenvalue weighted by Crippen LogP contribution is 2.13. The molecule has 2 heterocycles. The van der Waals surface area contributed by atoms with E-state index in [2.05, 4.69) is 10.5 Å². The second-order valence-electron chi connectivity index (χ2n) is 5.32. The number of aromatic nitrogens is 2. The Kier molecular flexibility index (Phi) is 3.92. The maximum atomic E-state index is 12.3. The molecule has 0 fully saturated rings. The summed E-state index contributed by atoms with van der Waals surface area (Å²) in [6.45, 7) is 7.35. The lowest BCUT2D eigenvalue weighted by Gasteiger charge is -2.18. The third-order valence-corrected chi connectivity index (χ3v) is 3.46. The van der Waals surface area contributed by atoms with Crippen LogP contribution in [0.1, 0.15) is 43.7 Å². The highest BCUT2D eigenvalue weighted by Gasteiger charge is 2.18. The molecular weight excluding hydrogens is 278 g/mol. The molecule has 0 spiro atoms. The Hall–Kier alpha value is -1.73. The van der Waals surface area contributed by atoms with E-state index >= 15 is 0 Å². The van der Waals surface area contributed by atoms with E-state index in [1.807, 2.05) is 12.3 Å². The van der Waals surface area contributed by atoms with Crippen molar-refractivity contribution in [2.75, 3.05) is 0 Å². The summed E-state index contributed by atoms with van der Waals surface area (Å²) in [4.78, 5) is 34.2. The van der Waals surface area contributed by atoms with Crippen molar-refractivity contribution in [1.82, 2.24) is 14.9 Å². The number of nitrogens with one attached hydrogen (secondary N) is 1. The van der Waals surface area contributed by atoms with Gasteiger partial charge in [0.15, 0.2) is 4.96 Å². The average Bonchev–Trinajstić information content (AvgIpc) is 2.79. The normalized spacial score (nSPS) is 11.8. The van der Waals surface area contributed by atoms with Gasteiger partial charge in [-0.3, -0.25) is 18.8 Å². The molecule has 20 heavy (non-hydrogen) atoms. The number of hydrogen-bond donors (Lipinski definition) is 1. The molecule has 0 aromatic carbocycles. The van der Waals surface area contributed by atoms with Gasteiger partial charge in [0, 0.05) is 17.3 Å². The van der Waals surface area contributed by atoms with Crippen LogP contribution < -0.4 is 11.0 Å². The number of carbonyl (C=O) groups is 1. The Bertz CT molecular complexity index is 697. The highest BCUT2D eigenvalue weighted by atomic mass is 32.1. The standard InChI is InChI=1S/C13H17N3O3S/c1-5-8-7-20-12-14-6-9(11(18)16(8)12)10(17)15-19-13(2,3)4/h6-7H,5H2,1-4H3,(H,15,17). The van der Waals surface area contributed by atoms with E-state index in [0.717, 1.165) is 5.69 Å². The number of rotatable bonds is 3. The van der Waals surface area contributed by atoms with Crippen LogP contribution in [0, 0.1) is 0 Å². The van der Waals surface area contributed by atoms with Gasteiger partial charge < -0.3 is 0 Å². The molecule has 7 heteroatoms. The lowest BCUT2D eigenvalue weighted by atomic mass is 10.2. The predicted molar refractivity (Wildman–Crippen MR) is 77.0 cm³/mol. The zero-order valence-corrected chi connectivity index (χ0v) is 12.7. The van der Waals surface area contributed by atoms with Crippen molar-refractivity contribution in [2.24, 2.45) is 0 Å². The number of amides is 1. The van der Waals surface area contributed by atoms with Crippen molar-refractivity contribution in [2.45, 2.75) is 39.7 Å². The van der Waals surface area contributed by atoms with Gasteiger partial charge in [0.1, 0.15) is 5.56 Å². The molecule has 6 nitrogen and oxygen atoms in total. The predicted octanol–water partition coefficient (Wildman–Crippen LogP) is 1.78. The van der Waals surface area contributed by atoms with Crippen LogP contribution in [0.4, 0.5) is 0 Å². The number of thiazole rings is 1. The summed E-state index contributed by atoms with van der Waals surface area (Å²) in [5.74, 6) is -0.583. The quantitative estimate of drug-likeness (QED) is 0.876. The molecule has 108 valence electrons. The summed E-state index contributed by atoms with van der Waals surface area (Å²) < 4.78 is 1.47. The van der Waals surface area contributed by atoms with Crippen LogP contribution in [0.3, 0.4) is 0 Å². The fraction of sp³-hybridized carbons (Fsp3) is 0.462. The first-order chi connectivity index (χ1) is 9.33. The smallest absolute Gasteiger partial charge is 0.268 e. The van der Waals surface area contributed by atoms with Crippen molar-refractivity contribution < 1.29 is 9.63 Å². The van der Waals surface area contributed by atoms with E-state index in [9.17, 15) is 9.59 Å². The van der Waals surface area contributed by atoms with Gasteiger partial charge in [-0.1, -0.05) is 6.92 Å². The topological polar surface area (TPSA) is 72.7 Å². The van der Waals surface area contributed by atoms with Gasteiger partial charge in [0.25, 0.3) is 11.5 Å². The van der Waals surface area contributed by atoms with E-state index in [0.29, 0.717) is 11.4 Å². The van der Waals surface area contributed by atoms with Crippen LogP contribution in [0.15, 0.2) is 16.4 Å². The van der Waals surface area contributed by atoms with Gasteiger partial charge in [0.05, 0.1) is 5.60 Å². The van der Waals surface area contributed by atoms with E-state index in [4.69, 9.17) is 4.84 Å². The minimum Gasteiger partial charge on any atom is -0.268 e. The van der Waals surface area contributed by atoms with Crippen LogP contribution in [-0.2, 0) is 11.3 Å². The second-order valence-corrected chi connectivity index (χ2v) is 6.16.